The molecule has 0 heterocycles. The zero-order chi connectivity index (χ0) is 16.0. The fraction of sp³-hybridized carbons (Fsp3) is 0.632. The molecule has 0 unspecified atom stereocenters. The van der Waals surface area contributed by atoms with Crippen LogP contribution in [0.15, 0.2) is 24.3 Å². The van der Waals surface area contributed by atoms with Crippen molar-refractivity contribution in [2.45, 2.75) is 71.6 Å². The summed E-state index contributed by atoms with van der Waals surface area (Å²) in [6.45, 7) is 5.44. The maximum atomic E-state index is 5.34. The zero-order valence-electron chi connectivity index (χ0n) is 14.3. The number of thiocarbonyl (C=S) groups is 1. The number of aryl methyl sites for hydroxylation is 1. The van der Waals surface area contributed by atoms with Crippen LogP contribution < -0.4 is 10.6 Å². The van der Waals surface area contributed by atoms with Crippen molar-refractivity contribution < 1.29 is 0 Å². The maximum Gasteiger partial charge on any atom is 0.170 e. The summed E-state index contributed by atoms with van der Waals surface area (Å²) < 4.78 is 0. The SMILES string of the molecule is CCCCCCCCNC(=S)Nc1ccc(CCCC)cc1. The van der Waals surface area contributed by atoms with Gasteiger partial charge in [0.2, 0.25) is 0 Å². The molecule has 0 radical (unpaired) electrons. The second-order valence-corrected chi connectivity index (χ2v) is 6.36. The number of unbranched alkanes of at least 4 members (excludes halogenated alkanes) is 6. The van der Waals surface area contributed by atoms with E-state index in [0.717, 1.165) is 23.8 Å². The van der Waals surface area contributed by atoms with Crippen LogP contribution in [0.3, 0.4) is 0 Å². The molecule has 2 N–H and O–H groups in total. The molecule has 0 saturated carbocycles. The lowest BCUT2D eigenvalue weighted by Gasteiger charge is -2.11. The van der Waals surface area contributed by atoms with Crippen LogP contribution in [-0.2, 0) is 6.42 Å². The molecule has 1 rings (SSSR count). The van der Waals surface area contributed by atoms with E-state index in [-0.39, 0.29) is 0 Å². The highest BCUT2D eigenvalue weighted by molar-refractivity contribution is 7.80. The number of hydrogen-bond acceptors (Lipinski definition) is 1. The van der Waals surface area contributed by atoms with Gasteiger partial charge in [-0.2, -0.15) is 0 Å². The lowest BCUT2D eigenvalue weighted by molar-refractivity contribution is 0.603. The van der Waals surface area contributed by atoms with Gasteiger partial charge in [0.15, 0.2) is 5.11 Å². The molecule has 0 spiro atoms. The lowest BCUT2D eigenvalue weighted by Crippen LogP contribution is -2.29. The van der Waals surface area contributed by atoms with Crippen LogP contribution in [-0.4, -0.2) is 11.7 Å². The molecule has 0 bridgehead atoms. The minimum atomic E-state index is 0.731. The van der Waals surface area contributed by atoms with E-state index in [2.05, 4.69) is 48.7 Å². The highest BCUT2D eigenvalue weighted by atomic mass is 32.1. The summed E-state index contributed by atoms with van der Waals surface area (Å²) in [6, 6.07) is 8.61. The summed E-state index contributed by atoms with van der Waals surface area (Å²) in [5, 5.41) is 7.28. The Morgan fingerprint density at radius 1 is 0.864 bits per heavy atom. The molecule has 0 atom stereocenters. The standard InChI is InChI=1S/C19H32N2S/c1-3-5-7-8-9-10-16-20-19(22)21-18-14-12-17(13-15-18)11-6-4-2/h12-15H,3-11,16H2,1-2H3,(H2,20,21,22). The van der Waals surface area contributed by atoms with Gasteiger partial charge in [0.05, 0.1) is 0 Å². The van der Waals surface area contributed by atoms with Gasteiger partial charge in [-0.05, 0) is 49.2 Å². The van der Waals surface area contributed by atoms with Crippen molar-refractivity contribution in [3.8, 4) is 0 Å². The summed E-state index contributed by atoms with van der Waals surface area (Å²) in [7, 11) is 0. The van der Waals surface area contributed by atoms with E-state index >= 15 is 0 Å². The van der Waals surface area contributed by atoms with Crippen LogP contribution in [0.25, 0.3) is 0 Å². The van der Waals surface area contributed by atoms with E-state index in [1.165, 1.54) is 56.9 Å². The molecule has 0 aliphatic carbocycles. The fourth-order valence-electron chi connectivity index (χ4n) is 2.42. The van der Waals surface area contributed by atoms with Crippen molar-refractivity contribution >= 4 is 23.0 Å². The Morgan fingerprint density at radius 3 is 2.18 bits per heavy atom. The Hall–Kier alpha value is -1.09. The van der Waals surface area contributed by atoms with Gasteiger partial charge in [-0.15, -0.1) is 0 Å². The fourth-order valence-corrected chi connectivity index (χ4v) is 2.64. The monoisotopic (exact) mass is 320 g/mol. The summed E-state index contributed by atoms with van der Waals surface area (Å²) in [6.07, 6.45) is 11.5. The molecule has 0 aromatic heterocycles. The summed E-state index contributed by atoms with van der Waals surface area (Å²) in [5.41, 5.74) is 2.47. The number of nitrogens with one attached hydrogen (secondary N) is 2. The molecule has 0 amide bonds. The number of benzene rings is 1. The Morgan fingerprint density at radius 2 is 1.50 bits per heavy atom. The van der Waals surface area contributed by atoms with Gasteiger partial charge in [-0.1, -0.05) is 64.5 Å². The van der Waals surface area contributed by atoms with Crippen molar-refractivity contribution in [2.24, 2.45) is 0 Å². The first-order valence-corrected chi connectivity index (χ1v) is 9.31. The first kappa shape index (κ1) is 19.0. The highest BCUT2D eigenvalue weighted by Crippen LogP contribution is 2.11. The van der Waals surface area contributed by atoms with E-state index in [1.54, 1.807) is 0 Å². The second kappa shape index (κ2) is 12.5. The van der Waals surface area contributed by atoms with E-state index in [4.69, 9.17) is 12.2 Å². The van der Waals surface area contributed by atoms with Gasteiger partial charge in [0.25, 0.3) is 0 Å². The predicted octanol–water partition coefficient (Wildman–Crippen LogP) is 5.68. The third-order valence-corrected chi connectivity index (χ3v) is 4.09. The quantitative estimate of drug-likeness (QED) is 0.405. The molecule has 0 aliphatic rings. The van der Waals surface area contributed by atoms with Gasteiger partial charge in [-0.3, -0.25) is 0 Å². The van der Waals surface area contributed by atoms with E-state index in [9.17, 15) is 0 Å². The first-order valence-electron chi connectivity index (χ1n) is 8.90. The van der Waals surface area contributed by atoms with Gasteiger partial charge in [-0.25, -0.2) is 0 Å². The van der Waals surface area contributed by atoms with Gasteiger partial charge in [0, 0.05) is 12.2 Å². The highest BCUT2D eigenvalue weighted by Gasteiger charge is 1.98. The van der Waals surface area contributed by atoms with Gasteiger partial charge in [0.1, 0.15) is 0 Å². The van der Waals surface area contributed by atoms with Crippen LogP contribution in [0.1, 0.15) is 70.8 Å². The molecule has 0 aliphatic heterocycles. The van der Waals surface area contributed by atoms with Crippen LogP contribution in [0.5, 0.6) is 0 Å². The normalized spacial score (nSPS) is 10.5. The Kier molecular flexibility index (Phi) is 10.7. The van der Waals surface area contributed by atoms with Crippen LogP contribution in [0, 0.1) is 0 Å². The van der Waals surface area contributed by atoms with Gasteiger partial charge < -0.3 is 10.6 Å². The third-order valence-electron chi connectivity index (χ3n) is 3.85. The van der Waals surface area contributed by atoms with Crippen molar-refractivity contribution in [3.05, 3.63) is 29.8 Å². The summed E-state index contributed by atoms with van der Waals surface area (Å²) in [4.78, 5) is 0. The zero-order valence-corrected chi connectivity index (χ0v) is 15.1. The van der Waals surface area contributed by atoms with Gasteiger partial charge >= 0.3 is 0 Å². The molecule has 1 aromatic carbocycles. The Labute approximate surface area is 142 Å². The molecule has 0 saturated heterocycles. The van der Waals surface area contributed by atoms with Crippen LogP contribution in [0.4, 0.5) is 5.69 Å². The smallest absolute Gasteiger partial charge is 0.170 e. The molecule has 2 nitrogen and oxygen atoms in total. The molecular weight excluding hydrogens is 288 g/mol. The predicted molar refractivity (Wildman–Crippen MR) is 103 cm³/mol. The van der Waals surface area contributed by atoms with E-state index in [0.29, 0.717) is 0 Å². The number of hydrogen-bond donors (Lipinski definition) is 2. The maximum absolute atomic E-state index is 5.34. The summed E-state index contributed by atoms with van der Waals surface area (Å²) in [5.74, 6) is 0. The van der Waals surface area contributed by atoms with Crippen molar-refractivity contribution in [1.29, 1.82) is 0 Å². The van der Waals surface area contributed by atoms with Crippen molar-refractivity contribution in [1.82, 2.24) is 5.32 Å². The molecule has 1 aromatic rings. The van der Waals surface area contributed by atoms with E-state index < -0.39 is 0 Å². The van der Waals surface area contributed by atoms with Crippen LogP contribution in [0.2, 0.25) is 0 Å². The van der Waals surface area contributed by atoms with Crippen molar-refractivity contribution in [2.75, 3.05) is 11.9 Å². The van der Waals surface area contributed by atoms with Crippen molar-refractivity contribution in [3.63, 3.8) is 0 Å². The Bertz CT molecular complexity index is 400. The lowest BCUT2D eigenvalue weighted by atomic mass is 10.1. The Balaban J connectivity index is 2.13. The first-order chi connectivity index (χ1) is 10.8. The second-order valence-electron chi connectivity index (χ2n) is 5.95. The minimum Gasteiger partial charge on any atom is -0.362 e. The largest absolute Gasteiger partial charge is 0.362 e. The number of rotatable bonds is 11. The molecular formula is C19H32N2S. The average Bonchev–Trinajstić information content (AvgIpc) is 2.53. The summed E-state index contributed by atoms with van der Waals surface area (Å²) >= 11 is 5.34. The topological polar surface area (TPSA) is 24.1 Å². The van der Waals surface area contributed by atoms with Crippen LogP contribution >= 0.6 is 12.2 Å². The molecule has 124 valence electrons. The molecule has 3 heteroatoms. The van der Waals surface area contributed by atoms with E-state index in [1.807, 2.05) is 0 Å². The third kappa shape index (κ3) is 9.04. The molecule has 22 heavy (non-hydrogen) atoms. The minimum absolute atomic E-state index is 0.731. The molecule has 0 fully saturated rings. The average molecular weight is 321 g/mol. The number of anilines is 1.